The average molecular weight is 534 g/mol. The molecule has 0 bridgehead atoms. The molecule has 0 rings (SSSR count). The Bertz CT molecular complexity index is 761. The molecule has 0 aromatic heterocycles. The van der Waals surface area contributed by atoms with Crippen LogP contribution >= 0.6 is 0 Å². The number of quaternary nitrogens is 1. The number of nitrogens with zero attached hydrogens (tertiary/aromatic N) is 1. The molecule has 2 atom stereocenters. The van der Waals surface area contributed by atoms with Crippen LogP contribution in [0, 0.1) is 0 Å². The van der Waals surface area contributed by atoms with E-state index in [-0.39, 0.29) is 36.7 Å². The van der Waals surface area contributed by atoms with Crippen LogP contribution in [0.2, 0.25) is 0 Å². The summed E-state index contributed by atoms with van der Waals surface area (Å²) in [5.41, 5.74) is 0. The first-order valence-corrected chi connectivity index (χ1v) is 13.9. The Labute approximate surface area is 230 Å². The van der Waals surface area contributed by atoms with Crippen molar-refractivity contribution in [2.24, 2.45) is 0 Å². The number of allylic oxidation sites excluding steroid dienone is 10. The van der Waals surface area contributed by atoms with E-state index in [0.717, 1.165) is 44.9 Å². The summed E-state index contributed by atoms with van der Waals surface area (Å²) in [7, 11) is 5.33. The van der Waals surface area contributed by atoms with E-state index in [9.17, 15) is 19.8 Å². The highest BCUT2D eigenvalue weighted by Crippen LogP contribution is 2.09. The minimum atomic E-state index is -1.13. The highest BCUT2D eigenvalue weighted by atomic mass is 16.5. The van der Waals surface area contributed by atoms with Crippen LogP contribution in [-0.4, -0.2) is 74.6 Å². The Morgan fingerprint density at radius 1 is 0.816 bits per heavy atom. The molecule has 0 radical (unpaired) electrons. The topological polar surface area (TPSA) is 95.9 Å². The van der Waals surface area contributed by atoms with E-state index >= 15 is 0 Å². The summed E-state index contributed by atoms with van der Waals surface area (Å²) < 4.78 is 10.7. The maximum absolute atomic E-state index is 11.8. The van der Waals surface area contributed by atoms with Crippen molar-refractivity contribution in [3.8, 4) is 0 Å². The van der Waals surface area contributed by atoms with E-state index < -0.39 is 18.1 Å². The molecule has 7 heteroatoms. The number of rotatable bonds is 23. The van der Waals surface area contributed by atoms with Crippen molar-refractivity contribution >= 4 is 11.9 Å². The Hall–Kier alpha value is -2.48. The SMILES string of the molecule is CCC/C=C/C=C/C=C/C=C/C=C/CCCCCCCC(=O)OCC(O)COCCC(C(=O)[O-])[N+](C)(C)C. The summed E-state index contributed by atoms with van der Waals surface area (Å²) in [6, 6.07) is -0.693. The predicted molar refractivity (Wildman–Crippen MR) is 152 cm³/mol. The van der Waals surface area contributed by atoms with Crippen molar-refractivity contribution in [3.05, 3.63) is 60.8 Å². The lowest BCUT2D eigenvalue weighted by atomic mass is 10.1. The Morgan fingerprint density at radius 2 is 1.37 bits per heavy atom. The zero-order valence-electron chi connectivity index (χ0n) is 24.1. The van der Waals surface area contributed by atoms with E-state index in [1.807, 2.05) is 36.5 Å². The molecule has 0 saturated heterocycles. The van der Waals surface area contributed by atoms with Gasteiger partial charge in [-0.05, 0) is 25.7 Å². The quantitative estimate of drug-likeness (QED) is 0.0903. The molecule has 7 nitrogen and oxygen atoms in total. The van der Waals surface area contributed by atoms with Crippen molar-refractivity contribution in [1.29, 1.82) is 0 Å². The number of carbonyl (C=O) groups excluding carboxylic acids is 2. The molecule has 1 N–H and O–H groups in total. The van der Waals surface area contributed by atoms with Gasteiger partial charge < -0.3 is 29.0 Å². The lowest BCUT2D eigenvalue weighted by Gasteiger charge is -2.34. The second-order valence-corrected chi connectivity index (χ2v) is 10.3. The average Bonchev–Trinajstić information content (AvgIpc) is 2.85. The molecule has 216 valence electrons. The van der Waals surface area contributed by atoms with Crippen molar-refractivity contribution in [3.63, 3.8) is 0 Å². The number of unbranched alkanes of at least 4 members (excludes halogenated alkanes) is 6. The minimum Gasteiger partial charge on any atom is -0.544 e. The van der Waals surface area contributed by atoms with Gasteiger partial charge in [0.25, 0.3) is 0 Å². The molecule has 0 aromatic rings. The first-order chi connectivity index (χ1) is 18.2. The van der Waals surface area contributed by atoms with Gasteiger partial charge >= 0.3 is 5.97 Å². The summed E-state index contributed by atoms with van der Waals surface area (Å²) in [6.45, 7) is 2.21. The van der Waals surface area contributed by atoms with E-state index in [1.165, 1.54) is 6.42 Å². The third-order valence-corrected chi connectivity index (χ3v) is 5.75. The number of likely N-dealkylation sites (N-methyl/N-ethyl adjacent to an activating group) is 1. The van der Waals surface area contributed by atoms with Crippen LogP contribution in [0.5, 0.6) is 0 Å². The molecule has 0 aromatic carbocycles. The van der Waals surface area contributed by atoms with Crippen LogP contribution in [0.3, 0.4) is 0 Å². The molecule has 0 aliphatic heterocycles. The third-order valence-electron chi connectivity index (χ3n) is 5.75. The number of carbonyl (C=O) groups is 2. The summed E-state index contributed by atoms with van der Waals surface area (Å²) in [6.07, 6.45) is 28.7. The largest absolute Gasteiger partial charge is 0.544 e. The zero-order valence-corrected chi connectivity index (χ0v) is 24.1. The number of aliphatic carboxylic acids is 1. The second-order valence-electron chi connectivity index (χ2n) is 10.3. The Morgan fingerprint density at radius 3 is 1.95 bits per heavy atom. The van der Waals surface area contributed by atoms with Gasteiger partial charge in [0.05, 0.1) is 40.3 Å². The van der Waals surface area contributed by atoms with Crippen molar-refractivity contribution in [1.82, 2.24) is 0 Å². The van der Waals surface area contributed by atoms with Crippen LogP contribution in [0.15, 0.2) is 60.8 Å². The van der Waals surface area contributed by atoms with Gasteiger partial charge in [-0.15, -0.1) is 0 Å². The maximum atomic E-state index is 11.8. The number of aliphatic hydroxyl groups is 1. The molecular weight excluding hydrogens is 482 g/mol. The molecule has 0 aliphatic rings. The van der Waals surface area contributed by atoms with Crippen molar-refractivity contribution < 1.29 is 33.8 Å². The van der Waals surface area contributed by atoms with E-state index in [4.69, 9.17) is 9.47 Å². The van der Waals surface area contributed by atoms with Gasteiger partial charge in [-0.25, -0.2) is 0 Å². The Kier molecular flexibility index (Phi) is 22.1. The Balaban J connectivity index is 3.69. The van der Waals surface area contributed by atoms with E-state index in [2.05, 4.69) is 31.2 Å². The molecule has 0 saturated carbocycles. The molecule has 0 aliphatic carbocycles. The fourth-order valence-corrected chi connectivity index (χ4v) is 3.51. The van der Waals surface area contributed by atoms with Crippen LogP contribution in [0.1, 0.15) is 71.1 Å². The third kappa shape index (κ3) is 22.7. The molecule has 0 heterocycles. The first kappa shape index (κ1) is 35.5. The molecule has 0 fully saturated rings. The zero-order chi connectivity index (χ0) is 28.5. The number of carboxylic acids is 1. The number of ether oxygens (including phenoxy) is 2. The number of carboxylic acid groups (broad SMARTS) is 1. The van der Waals surface area contributed by atoms with Gasteiger partial charge in [0.2, 0.25) is 0 Å². The fraction of sp³-hybridized carbons (Fsp3) is 0.613. The number of hydrogen-bond acceptors (Lipinski definition) is 6. The number of esters is 1. The molecule has 0 spiro atoms. The van der Waals surface area contributed by atoms with Gasteiger partial charge in [-0.2, -0.15) is 0 Å². The minimum absolute atomic E-state index is 0.0144. The first-order valence-electron chi connectivity index (χ1n) is 13.9. The summed E-state index contributed by atoms with van der Waals surface area (Å²) in [5, 5.41) is 21.1. The smallest absolute Gasteiger partial charge is 0.305 e. The van der Waals surface area contributed by atoms with E-state index in [0.29, 0.717) is 6.42 Å². The van der Waals surface area contributed by atoms with Crippen LogP contribution in [0.25, 0.3) is 0 Å². The highest BCUT2D eigenvalue weighted by molar-refractivity contribution is 5.69. The van der Waals surface area contributed by atoms with Gasteiger partial charge in [-0.1, -0.05) is 93.4 Å². The standard InChI is InChI=1S/C31H51NO6/c1-5-6-7-8-9-10-11-12-13-14-15-16-17-18-19-20-21-22-23-30(34)38-27-28(33)26-37-25-24-29(31(35)36)32(2,3)4/h7-16,28-29,33H,5-6,17-27H2,1-4H3/b8-7+,10-9+,12-11+,14-13+,16-15+. The monoisotopic (exact) mass is 533 g/mol. The second kappa shape index (κ2) is 23.6. The lowest BCUT2D eigenvalue weighted by Crippen LogP contribution is -2.55. The molecule has 0 amide bonds. The summed E-state index contributed by atoms with van der Waals surface area (Å²) in [5.74, 6) is -1.45. The van der Waals surface area contributed by atoms with Crippen LogP contribution in [-0.2, 0) is 19.1 Å². The molecule has 38 heavy (non-hydrogen) atoms. The van der Waals surface area contributed by atoms with Crippen molar-refractivity contribution in [2.45, 2.75) is 83.3 Å². The van der Waals surface area contributed by atoms with Gasteiger partial charge in [0, 0.05) is 12.8 Å². The van der Waals surface area contributed by atoms with E-state index in [1.54, 1.807) is 21.1 Å². The van der Waals surface area contributed by atoms with Crippen LogP contribution in [0.4, 0.5) is 0 Å². The number of aliphatic hydroxyl groups excluding tert-OH is 1. The van der Waals surface area contributed by atoms with Gasteiger partial charge in [0.15, 0.2) is 0 Å². The maximum Gasteiger partial charge on any atom is 0.305 e. The van der Waals surface area contributed by atoms with Crippen molar-refractivity contribution in [2.75, 3.05) is 41.0 Å². The normalized spacial score (nSPS) is 14.4. The van der Waals surface area contributed by atoms with Gasteiger partial charge in [-0.3, -0.25) is 4.79 Å². The van der Waals surface area contributed by atoms with Gasteiger partial charge in [0.1, 0.15) is 18.8 Å². The number of hydrogen-bond donors (Lipinski definition) is 1. The highest BCUT2D eigenvalue weighted by Gasteiger charge is 2.24. The predicted octanol–water partition coefficient (Wildman–Crippen LogP) is 4.43. The fourth-order valence-electron chi connectivity index (χ4n) is 3.51. The molecular formula is C31H51NO6. The summed E-state index contributed by atoms with van der Waals surface area (Å²) >= 11 is 0. The lowest BCUT2D eigenvalue weighted by molar-refractivity contribution is -0.889. The van der Waals surface area contributed by atoms with Crippen LogP contribution < -0.4 is 5.11 Å². The summed E-state index contributed by atoms with van der Waals surface area (Å²) in [4.78, 5) is 23.1. The molecule has 2 unspecified atom stereocenters.